The van der Waals surface area contributed by atoms with Gasteiger partial charge in [0.1, 0.15) is 5.75 Å². The van der Waals surface area contributed by atoms with Crippen molar-refractivity contribution in [3.8, 4) is 5.75 Å². The predicted octanol–water partition coefficient (Wildman–Crippen LogP) is 1.75. The highest BCUT2D eigenvalue weighted by Gasteiger charge is 2.06. The summed E-state index contributed by atoms with van der Waals surface area (Å²) in [5.41, 5.74) is 1.58. The molecule has 1 aromatic carbocycles. The molecule has 0 saturated heterocycles. The Morgan fingerprint density at radius 1 is 1.53 bits per heavy atom. The van der Waals surface area contributed by atoms with Crippen LogP contribution in [-0.2, 0) is 9.53 Å². The van der Waals surface area contributed by atoms with Crippen LogP contribution in [0.15, 0.2) is 23.4 Å². The predicted molar refractivity (Wildman–Crippen MR) is 62.7 cm³/mol. The molecule has 0 radical (unpaired) electrons. The second kappa shape index (κ2) is 6.52. The lowest BCUT2D eigenvalue weighted by molar-refractivity contribution is -0.145. The first-order valence-electron chi connectivity index (χ1n) is 5.24. The molecule has 5 heteroatoms. The molecule has 17 heavy (non-hydrogen) atoms. The summed E-state index contributed by atoms with van der Waals surface area (Å²) in [6.07, 6.45) is 1.25. The molecule has 0 unspecified atom stereocenters. The zero-order chi connectivity index (χ0) is 12.7. The van der Waals surface area contributed by atoms with Crippen molar-refractivity contribution in [1.29, 1.82) is 0 Å². The summed E-state index contributed by atoms with van der Waals surface area (Å²) in [6, 6.07) is 5.36. The van der Waals surface area contributed by atoms with Crippen LogP contribution in [-0.4, -0.2) is 30.6 Å². The van der Waals surface area contributed by atoms with Crippen LogP contribution < -0.4 is 4.74 Å². The molecule has 1 N–H and O–H groups in total. The van der Waals surface area contributed by atoms with Gasteiger partial charge in [0.05, 0.1) is 12.8 Å². The fraction of sp³-hybridized carbons (Fsp3) is 0.333. The Morgan fingerprint density at radius 2 is 2.29 bits per heavy atom. The molecule has 0 amide bonds. The maximum absolute atomic E-state index is 11.1. The Bertz CT molecular complexity index is 415. The Kier molecular flexibility index (Phi) is 5.00. The summed E-state index contributed by atoms with van der Waals surface area (Å²) in [6.45, 7) is 3.79. The van der Waals surface area contributed by atoms with Gasteiger partial charge in [0.15, 0.2) is 6.61 Å². The van der Waals surface area contributed by atoms with Crippen LogP contribution in [0, 0.1) is 6.92 Å². The van der Waals surface area contributed by atoms with Crippen molar-refractivity contribution in [2.45, 2.75) is 13.8 Å². The molecule has 0 aliphatic carbocycles. The largest absolute Gasteiger partial charge is 0.481 e. The van der Waals surface area contributed by atoms with Gasteiger partial charge in [-0.3, -0.25) is 0 Å². The summed E-state index contributed by atoms with van der Waals surface area (Å²) in [4.78, 5) is 11.1. The number of ether oxygens (including phenoxy) is 2. The number of esters is 1. The van der Waals surface area contributed by atoms with Gasteiger partial charge in [0.2, 0.25) is 0 Å². The van der Waals surface area contributed by atoms with Crippen LogP contribution in [0.1, 0.15) is 18.1 Å². The van der Waals surface area contributed by atoms with E-state index in [0.29, 0.717) is 17.9 Å². The molecule has 0 aromatic heterocycles. The summed E-state index contributed by atoms with van der Waals surface area (Å²) < 4.78 is 10.1. The van der Waals surface area contributed by atoms with E-state index in [9.17, 15) is 4.79 Å². The van der Waals surface area contributed by atoms with Crippen LogP contribution >= 0.6 is 0 Å². The zero-order valence-electron chi connectivity index (χ0n) is 9.84. The number of oxime groups is 1. The first-order valence-corrected chi connectivity index (χ1v) is 5.24. The molecule has 1 aromatic rings. The lowest BCUT2D eigenvalue weighted by Crippen LogP contribution is -2.15. The molecule has 0 bridgehead atoms. The van der Waals surface area contributed by atoms with Gasteiger partial charge in [-0.05, 0) is 31.5 Å². The first kappa shape index (κ1) is 13.0. The molecule has 0 heterocycles. The molecule has 0 fully saturated rings. The lowest BCUT2D eigenvalue weighted by Gasteiger charge is -2.09. The minimum atomic E-state index is -0.430. The van der Waals surface area contributed by atoms with E-state index in [1.807, 2.05) is 13.0 Å². The summed E-state index contributed by atoms with van der Waals surface area (Å²) in [5.74, 6) is 0.0525. The molecule has 1 rings (SSSR count). The molecule has 0 atom stereocenters. The van der Waals surface area contributed by atoms with Crippen molar-refractivity contribution in [2.75, 3.05) is 13.2 Å². The van der Waals surface area contributed by atoms with Gasteiger partial charge in [-0.1, -0.05) is 11.2 Å². The Labute approximate surface area is 99.7 Å². The van der Waals surface area contributed by atoms with Crippen molar-refractivity contribution in [3.63, 3.8) is 0 Å². The Balaban J connectivity index is 2.74. The average molecular weight is 237 g/mol. The summed E-state index contributed by atoms with van der Waals surface area (Å²) >= 11 is 0. The number of hydrogen-bond acceptors (Lipinski definition) is 5. The van der Waals surface area contributed by atoms with Gasteiger partial charge < -0.3 is 14.7 Å². The van der Waals surface area contributed by atoms with E-state index in [1.54, 1.807) is 19.1 Å². The third-order valence-corrected chi connectivity index (χ3v) is 2.02. The SMILES string of the molecule is CCOC(=O)COc1cc(C)ccc1C=NO. The summed E-state index contributed by atoms with van der Waals surface area (Å²) in [5, 5.41) is 11.4. The second-order valence-electron chi connectivity index (χ2n) is 3.38. The van der Waals surface area contributed by atoms with Crippen molar-refractivity contribution < 1.29 is 19.5 Å². The average Bonchev–Trinajstić information content (AvgIpc) is 2.30. The van der Waals surface area contributed by atoms with E-state index < -0.39 is 5.97 Å². The van der Waals surface area contributed by atoms with E-state index in [1.165, 1.54) is 6.21 Å². The highest BCUT2D eigenvalue weighted by atomic mass is 16.6. The monoisotopic (exact) mass is 237 g/mol. The maximum atomic E-state index is 11.1. The zero-order valence-corrected chi connectivity index (χ0v) is 9.84. The van der Waals surface area contributed by atoms with Gasteiger partial charge in [0, 0.05) is 5.56 Å². The second-order valence-corrected chi connectivity index (χ2v) is 3.38. The fourth-order valence-electron chi connectivity index (χ4n) is 1.27. The molecule has 0 aliphatic heterocycles. The van der Waals surface area contributed by atoms with Crippen molar-refractivity contribution >= 4 is 12.2 Å². The lowest BCUT2D eigenvalue weighted by atomic mass is 10.1. The van der Waals surface area contributed by atoms with Gasteiger partial charge in [-0.15, -0.1) is 0 Å². The van der Waals surface area contributed by atoms with Crippen LogP contribution in [0.2, 0.25) is 0 Å². The smallest absolute Gasteiger partial charge is 0.344 e. The summed E-state index contributed by atoms with van der Waals surface area (Å²) in [7, 11) is 0. The minimum Gasteiger partial charge on any atom is -0.481 e. The van der Waals surface area contributed by atoms with E-state index in [0.717, 1.165) is 5.56 Å². The normalized spacial score (nSPS) is 10.5. The third-order valence-electron chi connectivity index (χ3n) is 2.02. The van der Waals surface area contributed by atoms with Gasteiger partial charge in [-0.2, -0.15) is 0 Å². The van der Waals surface area contributed by atoms with Gasteiger partial charge in [0.25, 0.3) is 0 Å². The highest BCUT2D eigenvalue weighted by Crippen LogP contribution is 2.18. The maximum Gasteiger partial charge on any atom is 0.344 e. The van der Waals surface area contributed by atoms with E-state index in [2.05, 4.69) is 5.16 Å². The van der Waals surface area contributed by atoms with Crippen molar-refractivity contribution in [1.82, 2.24) is 0 Å². The van der Waals surface area contributed by atoms with Crippen molar-refractivity contribution in [2.24, 2.45) is 5.16 Å². The molecule has 0 spiro atoms. The number of aryl methyl sites for hydroxylation is 1. The van der Waals surface area contributed by atoms with Crippen LogP contribution in [0.5, 0.6) is 5.75 Å². The number of hydrogen-bond donors (Lipinski definition) is 1. The number of nitrogens with zero attached hydrogens (tertiary/aromatic N) is 1. The molecule has 0 aliphatic rings. The van der Waals surface area contributed by atoms with Crippen LogP contribution in [0.25, 0.3) is 0 Å². The van der Waals surface area contributed by atoms with Crippen molar-refractivity contribution in [3.05, 3.63) is 29.3 Å². The molecular weight excluding hydrogens is 222 g/mol. The molecule has 0 saturated carbocycles. The number of rotatable bonds is 5. The number of benzene rings is 1. The number of carbonyl (C=O) groups is 1. The molecule has 5 nitrogen and oxygen atoms in total. The van der Waals surface area contributed by atoms with Crippen LogP contribution in [0.3, 0.4) is 0 Å². The minimum absolute atomic E-state index is 0.163. The van der Waals surface area contributed by atoms with Gasteiger partial charge in [-0.25, -0.2) is 4.79 Å². The standard InChI is InChI=1S/C12H15NO4/c1-3-16-12(14)8-17-11-6-9(2)4-5-10(11)7-13-15/h4-7,15H,3,8H2,1-2H3. The highest BCUT2D eigenvalue weighted by molar-refractivity contribution is 5.83. The Hall–Kier alpha value is -2.04. The van der Waals surface area contributed by atoms with Gasteiger partial charge >= 0.3 is 5.97 Å². The molecular formula is C12H15NO4. The van der Waals surface area contributed by atoms with E-state index in [4.69, 9.17) is 14.7 Å². The van der Waals surface area contributed by atoms with Crippen LogP contribution in [0.4, 0.5) is 0 Å². The van der Waals surface area contributed by atoms with E-state index in [-0.39, 0.29) is 6.61 Å². The quantitative estimate of drug-likeness (QED) is 0.366. The Morgan fingerprint density at radius 3 is 2.94 bits per heavy atom. The molecule has 92 valence electrons. The number of carbonyl (C=O) groups excluding carboxylic acids is 1. The van der Waals surface area contributed by atoms with E-state index >= 15 is 0 Å². The third kappa shape index (κ3) is 4.14. The topological polar surface area (TPSA) is 68.1 Å². The fourth-order valence-corrected chi connectivity index (χ4v) is 1.27. The first-order chi connectivity index (χ1) is 8.17.